The standard InChI is InChI=1S/C16H10N2O4S/c19-10-17(12-6-2-3-7-13(12)18(21)22)9-15-16(20)11-5-1-4-8-14(11)23-15/h1-10H. The van der Waals surface area contributed by atoms with Crippen LogP contribution in [0.2, 0.25) is 0 Å². The first kappa shape index (κ1) is 15.0. The molecule has 0 N–H and O–H groups in total. The molecule has 2 aromatic rings. The van der Waals surface area contributed by atoms with Crippen LogP contribution in [-0.4, -0.2) is 17.1 Å². The summed E-state index contributed by atoms with van der Waals surface area (Å²) in [6.07, 6.45) is 1.79. The van der Waals surface area contributed by atoms with Crippen LogP contribution in [0.3, 0.4) is 0 Å². The van der Waals surface area contributed by atoms with Gasteiger partial charge in [-0.25, -0.2) is 0 Å². The summed E-state index contributed by atoms with van der Waals surface area (Å²) in [5, 5.41) is 11.1. The Hall–Kier alpha value is -2.93. The maximum Gasteiger partial charge on any atom is 0.293 e. The fraction of sp³-hybridized carbons (Fsp3) is 0. The largest absolute Gasteiger partial charge is 0.293 e. The number of carbonyl (C=O) groups excluding carboxylic acids is 2. The fourth-order valence-corrected chi connectivity index (χ4v) is 3.27. The van der Waals surface area contributed by atoms with Crippen LogP contribution in [0.5, 0.6) is 0 Å². The number of hydrogen-bond acceptors (Lipinski definition) is 5. The molecule has 0 spiro atoms. The molecular formula is C16H10N2O4S. The molecule has 0 aliphatic carbocycles. The van der Waals surface area contributed by atoms with Gasteiger partial charge in [0.2, 0.25) is 12.2 Å². The van der Waals surface area contributed by atoms with E-state index < -0.39 is 4.92 Å². The molecule has 0 radical (unpaired) electrons. The molecule has 1 aliphatic rings. The highest BCUT2D eigenvalue weighted by atomic mass is 32.2. The van der Waals surface area contributed by atoms with E-state index in [-0.39, 0.29) is 17.2 Å². The second kappa shape index (κ2) is 6.05. The van der Waals surface area contributed by atoms with Crippen LogP contribution in [0.15, 0.2) is 64.5 Å². The Balaban J connectivity index is 2.00. The Morgan fingerprint density at radius 1 is 1.09 bits per heavy atom. The summed E-state index contributed by atoms with van der Waals surface area (Å²) in [7, 11) is 0. The van der Waals surface area contributed by atoms with Gasteiger partial charge >= 0.3 is 0 Å². The van der Waals surface area contributed by atoms with Crippen LogP contribution in [0.25, 0.3) is 0 Å². The van der Waals surface area contributed by atoms with Crippen molar-refractivity contribution in [3.8, 4) is 0 Å². The quantitative estimate of drug-likeness (QED) is 0.372. The minimum atomic E-state index is -0.567. The number of anilines is 1. The molecule has 1 aliphatic heterocycles. The van der Waals surface area contributed by atoms with Crippen molar-refractivity contribution in [1.82, 2.24) is 0 Å². The van der Waals surface area contributed by atoms with E-state index in [1.54, 1.807) is 18.2 Å². The lowest BCUT2D eigenvalue weighted by atomic mass is 10.1. The summed E-state index contributed by atoms with van der Waals surface area (Å²) in [5.74, 6) is -0.198. The first-order valence-electron chi connectivity index (χ1n) is 6.62. The third-order valence-corrected chi connectivity index (χ3v) is 4.39. The zero-order valence-corrected chi connectivity index (χ0v) is 12.5. The molecule has 114 valence electrons. The first-order valence-corrected chi connectivity index (χ1v) is 7.44. The Morgan fingerprint density at radius 3 is 2.48 bits per heavy atom. The third kappa shape index (κ3) is 2.74. The van der Waals surface area contributed by atoms with Gasteiger partial charge in [-0.15, -0.1) is 0 Å². The number of allylic oxidation sites excluding steroid dienone is 1. The number of Topliss-reactive ketones (excluding diaryl/α,β-unsaturated/α-hetero) is 1. The zero-order valence-electron chi connectivity index (χ0n) is 11.7. The van der Waals surface area contributed by atoms with Crippen molar-refractivity contribution in [3.63, 3.8) is 0 Å². The van der Waals surface area contributed by atoms with Gasteiger partial charge in [0.05, 0.1) is 9.83 Å². The van der Waals surface area contributed by atoms with E-state index in [2.05, 4.69) is 0 Å². The minimum Gasteiger partial charge on any atom is -0.288 e. The molecule has 0 saturated heterocycles. The molecule has 0 unspecified atom stereocenters. The number of nitro benzene ring substituents is 1. The molecule has 1 heterocycles. The summed E-state index contributed by atoms with van der Waals surface area (Å²) in [5.41, 5.74) is 0.478. The van der Waals surface area contributed by atoms with Crippen molar-refractivity contribution in [2.24, 2.45) is 0 Å². The predicted molar refractivity (Wildman–Crippen MR) is 86.4 cm³/mol. The molecule has 1 amide bonds. The van der Waals surface area contributed by atoms with Crippen LogP contribution < -0.4 is 4.90 Å². The van der Waals surface area contributed by atoms with Crippen LogP contribution in [0.1, 0.15) is 10.4 Å². The summed E-state index contributed by atoms with van der Waals surface area (Å²) in [4.78, 5) is 36.5. The van der Waals surface area contributed by atoms with Crippen LogP contribution >= 0.6 is 11.8 Å². The smallest absolute Gasteiger partial charge is 0.288 e. The van der Waals surface area contributed by atoms with Gasteiger partial charge < -0.3 is 0 Å². The van der Waals surface area contributed by atoms with Crippen molar-refractivity contribution in [2.75, 3.05) is 4.90 Å². The Labute approximate surface area is 135 Å². The minimum absolute atomic E-state index is 0.115. The lowest BCUT2D eigenvalue weighted by Gasteiger charge is -2.13. The Kier molecular flexibility index (Phi) is 3.94. The number of fused-ring (bicyclic) bond motifs is 1. The number of amides is 1. The molecule has 6 nitrogen and oxygen atoms in total. The number of para-hydroxylation sites is 2. The first-order chi connectivity index (χ1) is 11.1. The predicted octanol–water partition coefficient (Wildman–Crippen LogP) is 3.39. The van der Waals surface area contributed by atoms with E-state index in [4.69, 9.17) is 0 Å². The maximum absolute atomic E-state index is 12.3. The number of carbonyl (C=O) groups is 2. The van der Waals surface area contributed by atoms with E-state index in [0.717, 1.165) is 9.80 Å². The van der Waals surface area contributed by atoms with Gasteiger partial charge in [-0.05, 0) is 18.2 Å². The van der Waals surface area contributed by atoms with Gasteiger partial charge in [0.1, 0.15) is 5.69 Å². The van der Waals surface area contributed by atoms with Gasteiger partial charge in [-0.3, -0.25) is 24.6 Å². The third-order valence-electron chi connectivity index (χ3n) is 3.30. The average Bonchev–Trinajstić information content (AvgIpc) is 2.89. The summed E-state index contributed by atoms with van der Waals surface area (Å²) < 4.78 is 0. The number of nitrogens with zero attached hydrogens (tertiary/aromatic N) is 2. The molecule has 0 fully saturated rings. The lowest BCUT2D eigenvalue weighted by Crippen LogP contribution is -2.16. The molecule has 0 atom stereocenters. The Bertz CT molecular complexity index is 847. The Morgan fingerprint density at radius 2 is 1.78 bits per heavy atom. The van der Waals surface area contributed by atoms with Gasteiger partial charge in [-0.1, -0.05) is 36.0 Å². The molecule has 3 rings (SSSR count). The molecule has 23 heavy (non-hydrogen) atoms. The van der Waals surface area contributed by atoms with Crippen molar-refractivity contribution >= 4 is 35.3 Å². The molecule has 2 aromatic carbocycles. The van der Waals surface area contributed by atoms with Crippen molar-refractivity contribution in [3.05, 3.63) is 75.3 Å². The van der Waals surface area contributed by atoms with Crippen molar-refractivity contribution in [2.45, 2.75) is 4.90 Å². The van der Waals surface area contributed by atoms with E-state index >= 15 is 0 Å². The highest BCUT2D eigenvalue weighted by Gasteiger charge is 2.27. The summed E-state index contributed by atoms with van der Waals surface area (Å²) in [6, 6.07) is 13.0. The highest BCUT2D eigenvalue weighted by Crippen LogP contribution is 2.40. The fourth-order valence-electron chi connectivity index (χ4n) is 2.25. The normalized spacial score (nSPS) is 14.6. The molecule has 0 saturated carbocycles. The number of benzene rings is 2. The SMILES string of the molecule is O=CN(C=C1Sc2ccccc2C1=O)c1ccccc1[N+](=O)[O-]. The number of ketones is 1. The van der Waals surface area contributed by atoms with E-state index in [9.17, 15) is 19.7 Å². The molecule has 7 heteroatoms. The van der Waals surface area contributed by atoms with Crippen LogP contribution in [0, 0.1) is 10.1 Å². The second-order valence-corrected chi connectivity index (χ2v) is 5.76. The number of hydrogen-bond donors (Lipinski definition) is 0. The zero-order chi connectivity index (χ0) is 16.4. The topological polar surface area (TPSA) is 80.5 Å². The van der Waals surface area contributed by atoms with E-state index in [1.165, 1.54) is 36.2 Å². The highest BCUT2D eigenvalue weighted by molar-refractivity contribution is 8.04. The van der Waals surface area contributed by atoms with E-state index in [1.807, 2.05) is 12.1 Å². The van der Waals surface area contributed by atoms with Gasteiger partial charge in [-0.2, -0.15) is 0 Å². The summed E-state index contributed by atoms with van der Waals surface area (Å²) >= 11 is 1.24. The summed E-state index contributed by atoms with van der Waals surface area (Å²) in [6.45, 7) is 0. The van der Waals surface area contributed by atoms with Crippen molar-refractivity contribution < 1.29 is 14.5 Å². The number of rotatable bonds is 4. The van der Waals surface area contributed by atoms with Gasteiger partial charge in [0, 0.05) is 22.7 Å². The van der Waals surface area contributed by atoms with Crippen LogP contribution in [0.4, 0.5) is 11.4 Å². The molecule has 0 aromatic heterocycles. The maximum atomic E-state index is 12.3. The van der Waals surface area contributed by atoms with Gasteiger partial charge in [0.25, 0.3) is 5.69 Å². The monoisotopic (exact) mass is 326 g/mol. The van der Waals surface area contributed by atoms with E-state index in [0.29, 0.717) is 16.9 Å². The molecule has 0 bridgehead atoms. The van der Waals surface area contributed by atoms with Crippen LogP contribution in [-0.2, 0) is 4.79 Å². The lowest BCUT2D eigenvalue weighted by molar-refractivity contribution is -0.384. The second-order valence-electron chi connectivity index (χ2n) is 4.68. The van der Waals surface area contributed by atoms with Crippen molar-refractivity contribution in [1.29, 1.82) is 0 Å². The number of thioether (sulfide) groups is 1. The average molecular weight is 326 g/mol. The molecular weight excluding hydrogens is 316 g/mol. The number of nitro groups is 1. The van der Waals surface area contributed by atoms with Gasteiger partial charge in [0.15, 0.2) is 0 Å².